The fraction of sp³-hybridized carbons (Fsp3) is 0.650. The minimum atomic E-state index is 0.435. The minimum Gasteiger partial charge on any atom is -0.360 e. The molecule has 148 valence electrons. The highest BCUT2D eigenvalue weighted by Gasteiger charge is 2.26. The van der Waals surface area contributed by atoms with Gasteiger partial charge in [-0.3, -0.25) is 0 Å². The van der Waals surface area contributed by atoms with Crippen molar-refractivity contribution in [3.63, 3.8) is 0 Å². The maximum atomic E-state index is 4.78. The normalized spacial score (nSPS) is 17.5. The summed E-state index contributed by atoms with van der Waals surface area (Å²) in [5.41, 5.74) is 0. The van der Waals surface area contributed by atoms with Crippen molar-refractivity contribution in [1.29, 1.82) is 0 Å². The van der Waals surface area contributed by atoms with Crippen molar-refractivity contribution in [2.24, 2.45) is 0 Å². The Labute approximate surface area is 163 Å². The van der Waals surface area contributed by atoms with Crippen molar-refractivity contribution in [2.75, 3.05) is 57.1 Å². The fourth-order valence-corrected chi connectivity index (χ4v) is 3.66. The molecule has 0 saturated carbocycles. The quantitative estimate of drug-likeness (QED) is 0.711. The molecule has 1 fully saturated rings. The van der Waals surface area contributed by atoms with Crippen LogP contribution < -0.4 is 9.80 Å². The van der Waals surface area contributed by atoms with E-state index in [1.54, 1.807) is 0 Å². The summed E-state index contributed by atoms with van der Waals surface area (Å²) >= 11 is 0. The predicted octanol–water partition coefficient (Wildman–Crippen LogP) is 2.46. The zero-order valence-electron chi connectivity index (χ0n) is 17.2. The summed E-state index contributed by atoms with van der Waals surface area (Å²) in [5, 5.41) is 0. The van der Waals surface area contributed by atoms with Gasteiger partial charge in [0.05, 0.1) is 0 Å². The predicted molar refractivity (Wildman–Crippen MR) is 111 cm³/mol. The average Bonchev–Trinajstić information content (AvgIpc) is 3.16. The van der Waals surface area contributed by atoms with Crippen molar-refractivity contribution in [1.82, 2.24) is 24.4 Å². The van der Waals surface area contributed by atoms with E-state index in [2.05, 4.69) is 58.5 Å². The lowest BCUT2D eigenvalue weighted by atomic mass is 9.97. The van der Waals surface area contributed by atoms with Gasteiger partial charge in [-0.25, -0.2) is 9.97 Å². The molecule has 3 heterocycles. The molecule has 27 heavy (non-hydrogen) atoms. The molecule has 0 aromatic carbocycles. The van der Waals surface area contributed by atoms with Crippen molar-refractivity contribution in [3.05, 3.63) is 30.5 Å². The Balaban J connectivity index is 1.69. The highest BCUT2D eigenvalue weighted by atomic mass is 15.3. The second-order valence-electron chi connectivity index (χ2n) is 7.65. The average molecular weight is 372 g/mol. The lowest BCUT2D eigenvalue weighted by molar-refractivity contribution is 0.380. The third-order valence-corrected chi connectivity index (χ3v) is 5.32. The monoisotopic (exact) mass is 371 g/mol. The summed E-state index contributed by atoms with van der Waals surface area (Å²) in [6, 6.07) is 1.98. The molecular weight excluding hydrogens is 338 g/mol. The molecule has 7 heteroatoms. The Bertz CT molecular complexity index is 712. The number of aromatic nitrogens is 4. The van der Waals surface area contributed by atoms with Gasteiger partial charge in [-0.2, -0.15) is 4.98 Å². The number of rotatable bonds is 8. The first kappa shape index (κ1) is 19.6. The van der Waals surface area contributed by atoms with Gasteiger partial charge in [-0.15, -0.1) is 0 Å². The molecule has 3 rings (SSSR count). The van der Waals surface area contributed by atoms with E-state index in [0.29, 0.717) is 5.92 Å². The van der Waals surface area contributed by atoms with Crippen molar-refractivity contribution in [2.45, 2.75) is 38.6 Å². The van der Waals surface area contributed by atoms with Crippen LogP contribution in [0.25, 0.3) is 0 Å². The van der Waals surface area contributed by atoms with Gasteiger partial charge in [0.25, 0.3) is 0 Å². The van der Waals surface area contributed by atoms with Crippen LogP contribution in [0.2, 0.25) is 0 Å². The first-order valence-electron chi connectivity index (χ1n) is 10.0. The van der Waals surface area contributed by atoms with Gasteiger partial charge < -0.3 is 19.3 Å². The molecule has 1 aliphatic rings. The van der Waals surface area contributed by atoms with E-state index in [4.69, 9.17) is 9.97 Å². The molecule has 0 radical (unpaired) electrons. The van der Waals surface area contributed by atoms with Crippen molar-refractivity contribution >= 4 is 11.8 Å². The van der Waals surface area contributed by atoms with Crippen LogP contribution in [0.1, 0.15) is 37.9 Å². The molecule has 1 saturated heterocycles. The second-order valence-corrected chi connectivity index (χ2v) is 7.65. The number of aryl methyl sites for hydroxylation is 1. The Hall–Kier alpha value is -2.15. The van der Waals surface area contributed by atoms with Crippen LogP contribution in [0.15, 0.2) is 24.7 Å². The van der Waals surface area contributed by atoms with Crippen LogP contribution in [0, 0.1) is 0 Å². The highest BCUT2D eigenvalue weighted by Crippen LogP contribution is 2.28. The van der Waals surface area contributed by atoms with Crippen molar-refractivity contribution < 1.29 is 0 Å². The Morgan fingerprint density at radius 2 is 2.04 bits per heavy atom. The summed E-state index contributed by atoms with van der Waals surface area (Å²) in [7, 11) is 6.31. The third-order valence-electron chi connectivity index (χ3n) is 5.32. The number of hydrogen-bond acceptors (Lipinski definition) is 6. The van der Waals surface area contributed by atoms with E-state index < -0.39 is 0 Å². The van der Waals surface area contributed by atoms with Gasteiger partial charge in [0, 0.05) is 57.7 Å². The largest absolute Gasteiger partial charge is 0.360 e. The Morgan fingerprint density at radius 1 is 1.19 bits per heavy atom. The SMILES string of the molecule is CCN(C)c1ccnc(N2CCCC(c3nccn3CCCN(C)C)C2)n1. The zero-order valence-corrected chi connectivity index (χ0v) is 17.2. The molecule has 1 atom stereocenters. The topological polar surface area (TPSA) is 53.3 Å². The second kappa shape index (κ2) is 9.17. The lowest BCUT2D eigenvalue weighted by Gasteiger charge is -2.33. The molecule has 0 N–H and O–H groups in total. The van der Waals surface area contributed by atoms with Crippen LogP contribution in [0.4, 0.5) is 11.8 Å². The smallest absolute Gasteiger partial charge is 0.227 e. The van der Waals surface area contributed by atoms with Gasteiger partial charge >= 0.3 is 0 Å². The van der Waals surface area contributed by atoms with E-state index in [1.165, 1.54) is 12.2 Å². The summed E-state index contributed by atoms with van der Waals surface area (Å²) in [4.78, 5) is 20.7. The summed E-state index contributed by atoms with van der Waals surface area (Å²) in [6.07, 6.45) is 9.40. The highest BCUT2D eigenvalue weighted by molar-refractivity contribution is 5.43. The zero-order chi connectivity index (χ0) is 19.2. The summed E-state index contributed by atoms with van der Waals surface area (Å²) in [6.45, 7) is 7.14. The lowest BCUT2D eigenvalue weighted by Crippen LogP contribution is -2.36. The summed E-state index contributed by atoms with van der Waals surface area (Å²) in [5.74, 6) is 3.46. The standard InChI is InChI=1S/C20H33N7/c1-5-25(4)18-9-10-22-20(23-18)27-13-6-8-17(16-27)19-21-11-15-26(19)14-7-12-24(2)3/h9-11,15,17H,5-8,12-14,16H2,1-4H3. The van der Waals surface area contributed by atoms with E-state index >= 15 is 0 Å². The van der Waals surface area contributed by atoms with E-state index in [-0.39, 0.29) is 0 Å². The van der Waals surface area contributed by atoms with Crippen LogP contribution in [-0.4, -0.2) is 71.7 Å². The number of piperidine rings is 1. The molecule has 1 aliphatic heterocycles. The number of hydrogen-bond donors (Lipinski definition) is 0. The van der Waals surface area contributed by atoms with Crippen molar-refractivity contribution in [3.8, 4) is 0 Å². The Kier molecular flexibility index (Phi) is 6.66. The molecule has 0 amide bonds. The van der Waals surface area contributed by atoms with E-state index in [1.807, 2.05) is 18.5 Å². The number of nitrogens with zero attached hydrogens (tertiary/aromatic N) is 7. The number of imidazole rings is 1. The fourth-order valence-electron chi connectivity index (χ4n) is 3.66. The molecule has 0 bridgehead atoms. The van der Waals surface area contributed by atoms with Gasteiger partial charge in [0.15, 0.2) is 0 Å². The van der Waals surface area contributed by atoms with Crippen LogP contribution >= 0.6 is 0 Å². The maximum Gasteiger partial charge on any atom is 0.227 e. The van der Waals surface area contributed by atoms with Crippen LogP contribution in [0.5, 0.6) is 0 Å². The third kappa shape index (κ3) is 4.97. The Morgan fingerprint density at radius 3 is 2.81 bits per heavy atom. The van der Waals surface area contributed by atoms with Crippen LogP contribution in [0.3, 0.4) is 0 Å². The van der Waals surface area contributed by atoms with Crippen LogP contribution in [-0.2, 0) is 6.54 Å². The number of anilines is 2. The van der Waals surface area contributed by atoms with E-state index in [0.717, 1.165) is 57.3 Å². The molecule has 0 spiro atoms. The molecule has 1 unspecified atom stereocenters. The van der Waals surface area contributed by atoms with E-state index in [9.17, 15) is 0 Å². The van der Waals surface area contributed by atoms with Gasteiger partial charge in [-0.05, 0) is 52.9 Å². The molecular formula is C20H33N7. The van der Waals surface area contributed by atoms with Gasteiger partial charge in [0.2, 0.25) is 5.95 Å². The minimum absolute atomic E-state index is 0.435. The molecule has 2 aromatic rings. The first-order valence-corrected chi connectivity index (χ1v) is 10.0. The molecule has 0 aliphatic carbocycles. The first-order chi connectivity index (χ1) is 13.1. The van der Waals surface area contributed by atoms with Gasteiger partial charge in [0.1, 0.15) is 11.6 Å². The summed E-state index contributed by atoms with van der Waals surface area (Å²) < 4.78 is 2.33. The maximum absolute atomic E-state index is 4.78. The molecule has 2 aromatic heterocycles. The molecule has 7 nitrogen and oxygen atoms in total. The van der Waals surface area contributed by atoms with Gasteiger partial charge in [-0.1, -0.05) is 0 Å².